The van der Waals surface area contributed by atoms with Gasteiger partial charge in [0, 0.05) is 18.1 Å². The quantitative estimate of drug-likeness (QED) is 0.792. The molecule has 86 valence electrons. The van der Waals surface area contributed by atoms with E-state index in [0.717, 1.165) is 24.9 Å². The molecule has 1 aliphatic rings. The Labute approximate surface area is 97.7 Å². The zero-order chi connectivity index (χ0) is 12.0. The molecule has 1 aromatic carbocycles. The topological polar surface area (TPSA) is 65.1 Å². The van der Waals surface area contributed by atoms with E-state index in [1.165, 1.54) is 5.56 Å². The van der Waals surface area contributed by atoms with Crippen LogP contribution in [0.15, 0.2) is 29.2 Å². The molecule has 0 atom stereocenters. The lowest BCUT2D eigenvalue weighted by Gasteiger charge is -2.20. The third-order valence-electron chi connectivity index (χ3n) is 3.29. The normalized spacial score (nSPS) is 13.9. The molecule has 2 N–H and O–H groups in total. The minimum Gasteiger partial charge on any atom is -0.365 e. The molecular weight excluding hydrogens is 216 g/mol. The number of primary amides is 1. The minimum absolute atomic E-state index is 0.0801. The Bertz CT molecular complexity index is 686. The lowest BCUT2D eigenvalue weighted by Crippen LogP contribution is -2.25. The summed E-state index contributed by atoms with van der Waals surface area (Å²) in [6.07, 6.45) is 3.59. The van der Waals surface area contributed by atoms with E-state index >= 15 is 0 Å². The fraction of sp³-hybridized carbons (Fsp3) is 0.231. The Hall–Kier alpha value is -2.10. The van der Waals surface area contributed by atoms with Crippen LogP contribution in [-0.2, 0) is 13.0 Å². The molecule has 1 aliphatic heterocycles. The molecule has 0 unspecified atom stereocenters. The van der Waals surface area contributed by atoms with Crippen molar-refractivity contribution in [2.75, 3.05) is 0 Å². The first-order valence-electron chi connectivity index (χ1n) is 5.63. The number of carbonyl (C=O) groups is 1. The predicted octanol–water partition coefficient (Wildman–Crippen LogP) is 1.05. The van der Waals surface area contributed by atoms with E-state index in [2.05, 4.69) is 0 Å². The largest absolute Gasteiger partial charge is 0.365 e. The molecule has 0 saturated carbocycles. The van der Waals surface area contributed by atoms with Crippen LogP contribution in [0.3, 0.4) is 0 Å². The van der Waals surface area contributed by atoms with Gasteiger partial charge in [-0.15, -0.1) is 0 Å². The highest BCUT2D eigenvalue weighted by Gasteiger charge is 2.17. The maximum atomic E-state index is 12.1. The van der Waals surface area contributed by atoms with Crippen LogP contribution in [0, 0.1) is 0 Å². The molecule has 0 spiro atoms. The lowest BCUT2D eigenvalue weighted by molar-refractivity contribution is 0.0998. The number of rotatable bonds is 1. The molecule has 4 nitrogen and oxygen atoms in total. The summed E-state index contributed by atoms with van der Waals surface area (Å²) >= 11 is 0. The number of hydrogen-bond donors (Lipinski definition) is 1. The van der Waals surface area contributed by atoms with Gasteiger partial charge in [0.15, 0.2) is 0 Å². The number of aromatic nitrogens is 1. The van der Waals surface area contributed by atoms with Crippen molar-refractivity contribution in [3.8, 4) is 0 Å². The van der Waals surface area contributed by atoms with Gasteiger partial charge in [-0.25, -0.2) is 0 Å². The molecule has 2 aromatic rings. The predicted molar refractivity (Wildman–Crippen MR) is 65.0 cm³/mol. The first kappa shape index (κ1) is 10.1. The van der Waals surface area contributed by atoms with Crippen molar-refractivity contribution in [2.45, 2.75) is 19.4 Å². The Kier molecular flexibility index (Phi) is 2.04. The molecule has 0 bridgehead atoms. The summed E-state index contributed by atoms with van der Waals surface area (Å²) in [5, 5.41) is 0.596. The van der Waals surface area contributed by atoms with Crippen LogP contribution in [0.5, 0.6) is 0 Å². The van der Waals surface area contributed by atoms with Crippen LogP contribution in [0.4, 0.5) is 0 Å². The average Bonchev–Trinajstić information content (AvgIpc) is 2.33. The third kappa shape index (κ3) is 1.37. The molecule has 0 fully saturated rings. The second kappa shape index (κ2) is 3.45. The zero-order valence-corrected chi connectivity index (χ0v) is 9.27. The Balaban J connectivity index is 2.51. The fourth-order valence-corrected chi connectivity index (χ4v) is 2.53. The van der Waals surface area contributed by atoms with Gasteiger partial charge in [0.25, 0.3) is 5.91 Å². The number of benzene rings is 1. The molecule has 0 saturated heterocycles. The van der Waals surface area contributed by atoms with E-state index in [1.54, 1.807) is 12.3 Å². The number of amides is 1. The van der Waals surface area contributed by atoms with E-state index in [-0.39, 0.29) is 11.0 Å². The summed E-state index contributed by atoms with van der Waals surface area (Å²) in [5.74, 6) is -0.656. The van der Waals surface area contributed by atoms with Crippen molar-refractivity contribution in [3.05, 3.63) is 45.7 Å². The van der Waals surface area contributed by atoms with Crippen molar-refractivity contribution >= 4 is 16.8 Å². The maximum Gasteiger partial charge on any atom is 0.254 e. The summed E-state index contributed by atoms with van der Waals surface area (Å²) in [6.45, 7) is 0.827. The van der Waals surface area contributed by atoms with E-state index in [9.17, 15) is 9.59 Å². The van der Waals surface area contributed by atoms with Gasteiger partial charge in [-0.1, -0.05) is 12.1 Å². The average molecular weight is 228 g/mol. The van der Waals surface area contributed by atoms with Gasteiger partial charge in [-0.3, -0.25) is 9.59 Å². The number of hydrogen-bond acceptors (Lipinski definition) is 2. The van der Waals surface area contributed by atoms with Gasteiger partial charge in [-0.2, -0.15) is 0 Å². The van der Waals surface area contributed by atoms with Crippen molar-refractivity contribution < 1.29 is 4.79 Å². The van der Waals surface area contributed by atoms with Crippen LogP contribution >= 0.6 is 0 Å². The first-order chi connectivity index (χ1) is 8.18. The van der Waals surface area contributed by atoms with Gasteiger partial charge in [0.2, 0.25) is 5.43 Å². The van der Waals surface area contributed by atoms with Crippen molar-refractivity contribution in [1.82, 2.24) is 4.57 Å². The van der Waals surface area contributed by atoms with Gasteiger partial charge >= 0.3 is 0 Å². The molecule has 2 heterocycles. The molecule has 0 aliphatic carbocycles. The summed E-state index contributed by atoms with van der Waals surface area (Å²) in [6, 6.07) is 5.65. The van der Waals surface area contributed by atoms with E-state index < -0.39 is 5.91 Å². The van der Waals surface area contributed by atoms with Crippen molar-refractivity contribution in [3.63, 3.8) is 0 Å². The fourth-order valence-electron chi connectivity index (χ4n) is 2.53. The van der Waals surface area contributed by atoms with E-state index in [4.69, 9.17) is 5.73 Å². The lowest BCUT2D eigenvalue weighted by atomic mass is 10.00. The number of nitrogens with zero attached hydrogens (tertiary/aromatic N) is 1. The van der Waals surface area contributed by atoms with Crippen LogP contribution in [-0.4, -0.2) is 10.5 Å². The number of pyridine rings is 1. The van der Waals surface area contributed by atoms with E-state index in [1.807, 2.05) is 16.7 Å². The van der Waals surface area contributed by atoms with Gasteiger partial charge in [0.05, 0.1) is 5.52 Å². The minimum atomic E-state index is -0.656. The number of carbonyl (C=O) groups excluding carboxylic acids is 1. The standard InChI is InChI=1S/C13H12N2O2/c14-13(17)10-7-15-6-2-4-8-3-1-5-9(11(8)15)12(10)16/h1,3,5,7H,2,4,6H2,(H2,14,17). The third-order valence-corrected chi connectivity index (χ3v) is 3.29. The van der Waals surface area contributed by atoms with Crippen LogP contribution in [0.1, 0.15) is 22.3 Å². The summed E-state index contributed by atoms with van der Waals surface area (Å²) < 4.78 is 1.97. The maximum absolute atomic E-state index is 12.1. The molecule has 1 amide bonds. The second-order valence-corrected chi connectivity index (χ2v) is 4.35. The number of nitrogens with two attached hydrogens (primary N) is 1. The Morgan fingerprint density at radius 2 is 2.18 bits per heavy atom. The van der Waals surface area contributed by atoms with Crippen molar-refractivity contribution in [2.24, 2.45) is 5.73 Å². The molecule has 1 aromatic heterocycles. The zero-order valence-electron chi connectivity index (χ0n) is 9.27. The number of aryl methyl sites for hydroxylation is 2. The SMILES string of the molecule is NC(=O)c1cn2c3c(cccc3c1=O)CCC2. The van der Waals surface area contributed by atoms with Crippen LogP contribution < -0.4 is 11.2 Å². The molecule has 4 heteroatoms. The first-order valence-corrected chi connectivity index (χ1v) is 5.63. The van der Waals surface area contributed by atoms with E-state index in [0.29, 0.717) is 5.39 Å². The smallest absolute Gasteiger partial charge is 0.254 e. The van der Waals surface area contributed by atoms with Gasteiger partial charge in [-0.05, 0) is 24.5 Å². The molecule has 3 rings (SSSR count). The highest BCUT2D eigenvalue weighted by molar-refractivity contribution is 5.96. The Morgan fingerprint density at radius 1 is 1.35 bits per heavy atom. The Morgan fingerprint density at radius 3 is 2.94 bits per heavy atom. The highest BCUT2D eigenvalue weighted by Crippen LogP contribution is 2.23. The summed E-state index contributed by atoms with van der Waals surface area (Å²) in [7, 11) is 0. The summed E-state index contributed by atoms with van der Waals surface area (Å²) in [5.41, 5.74) is 7.18. The molecule has 0 radical (unpaired) electrons. The van der Waals surface area contributed by atoms with Gasteiger partial charge in [0.1, 0.15) is 5.56 Å². The second-order valence-electron chi connectivity index (χ2n) is 4.35. The van der Waals surface area contributed by atoms with Crippen LogP contribution in [0.2, 0.25) is 0 Å². The molecular formula is C13H12N2O2. The number of para-hydroxylation sites is 1. The monoisotopic (exact) mass is 228 g/mol. The highest BCUT2D eigenvalue weighted by atomic mass is 16.2. The van der Waals surface area contributed by atoms with Crippen LogP contribution in [0.25, 0.3) is 10.9 Å². The summed E-state index contributed by atoms with van der Waals surface area (Å²) in [4.78, 5) is 23.3. The van der Waals surface area contributed by atoms with Gasteiger partial charge < -0.3 is 10.3 Å². The molecule has 17 heavy (non-hydrogen) atoms. The van der Waals surface area contributed by atoms with Crippen molar-refractivity contribution in [1.29, 1.82) is 0 Å².